The molecule has 23 heavy (non-hydrogen) atoms. The van der Waals surface area contributed by atoms with Crippen LogP contribution in [0.5, 0.6) is 0 Å². The van der Waals surface area contributed by atoms with Gasteiger partial charge in [0.15, 0.2) is 0 Å². The van der Waals surface area contributed by atoms with Gasteiger partial charge in [0, 0.05) is 12.5 Å². The molecule has 2 heterocycles. The fraction of sp³-hybridized carbons (Fsp3) is 0.812. The van der Waals surface area contributed by atoms with Crippen LogP contribution >= 0.6 is 23.7 Å². The van der Waals surface area contributed by atoms with Crippen molar-refractivity contribution >= 4 is 34.8 Å². The lowest BCUT2D eigenvalue weighted by atomic mass is 9.85. The molecule has 1 saturated heterocycles. The lowest BCUT2D eigenvalue weighted by molar-refractivity contribution is -0.117. The second-order valence-corrected chi connectivity index (χ2v) is 7.62. The van der Waals surface area contributed by atoms with Crippen LogP contribution in [0.3, 0.4) is 0 Å². The summed E-state index contributed by atoms with van der Waals surface area (Å²) < 4.78 is 0. The number of hydrogen-bond donors (Lipinski definition) is 2. The first-order valence-electron chi connectivity index (χ1n) is 8.65. The van der Waals surface area contributed by atoms with Crippen molar-refractivity contribution in [1.82, 2.24) is 15.5 Å². The molecule has 1 aromatic rings. The molecule has 1 saturated carbocycles. The van der Waals surface area contributed by atoms with Crippen LogP contribution in [0.2, 0.25) is 0 Å². The summed E-state index contributed by atoms with van der Waals surface area (Å²) in [6.45, 7) is 2.19. The molecule has 1 aliphatic carbocycles. The van der Waals surface area contributed by atoms with Crippen LogP contribution in [0, 0.1) is 5.92 Å². The minimum Gasteiger partial charge on any atom is -0.303 e. The van der Waals surface area contributed by atoms with Gasteiger partial charge >= 0.3 is 0 Å². The molecule has 1 aliphatic heterocycles. The number of nitrogens with one attached hydrogen (secondary N) is 2. The van der Waals surface area contributed by atoms with Crippen molar-refractivity contribution in [2.45, 2.75) is 76.8 Å². The van der Waals surface area contributed by atoms with Gasteiger partial charge in [-0.15, -0.1) is 22.6 Å². The number of anilines is 1. The fourth-order valence-corrected chi connectivity index (χ4v) is 4.43. The summed E-state index contributed by atoms with van der Waals surface area (Å²) >= 11 is 1.51. The Morgan fingerprint density at radius 3 is 2.91 bits per heavy atom. The van der Waals surface area contributed by atoms with Crippen LogP contribution in [0.4, 0.5) is 5.13 Å². The summed E-state index contributed by atoms with van der Waals surface area (Å²) in [7, 11) is 0. The highest BCUT2D eigenvalue weighted by Gasteiger charge is 2.38. The number of carbonyl (C=O) groups is 1. The molecule has 2 N–H and O–H groups in total. The second kappa shape index (κ2) is 8.94. The smallest absolute Gasteiger partial charge is 0.243 e. The van der Waals surface area contributed by atoms with Gasteiger partial charge in [-0.3, -0.25) is 10.1 Å². The Bertz CT molecular complexity index is 496. The molecule has 0 bridgehead atoms. The van der Waals surface area contributed by atoms with E-state index in [2.05, 4.69) is 27.8 Å². The maximum atomic E-state index is 12.4. The largest absolute Gasteiger partial charge is 0.303 e. The minimum atomic E-state index is -0.0551. The quantitative estimate of drug-likeness (QED) is 0.763. The first-order chi connectivity index (χ1) is 10.8. The summed E-state index contributed by atoms with van der Waals surface area (Å²) in [5, 5.41) is 16.4. The standard InChI is InChI=1S/C16H26N4OS.ClH/c1-2-3-4-9-14-19-20-16(22-14)18-15(21)13-10-11-7-5-6-8-12(11)17-13;/h11-13,17H,2-10H2,1H3,(H,18,20,21);1H. The molecule has 3 atom stereocenters. The van der Waals surface area contributed by atoms with E-state index < -0.39 is 0 Å². The maximum absolute atomic E-state index is 12.4. The third kappa shape index (κ3) is 4.88. The Hall–Kier alpha value is -0.720. The van der Waals surface area contributed by atoms with Crippen LogP contribution in [-0.4, -0.2) is 28.2 Å². The molecule has 5 nitrogen and oxygen atoms in total. The SMILES string of the molecule is CCCCCc1nnc(NC(=O)C2CC3CCCCC3N2)s1.Cl. The van der Waals surface area contributed by atoms with E-state index in [0.717, 1.165) is 24.3 Å². The molecule has 0 aromatic carbocycles. The van der Waals surface area contributed by atoms with Crippen LogP contribution < -0.4 is 10.6 Å². The number of fused-ring (bicyclic) bond motifs is 1. The van der Waals surface area contributed by atoms with E-state index in [0.29, 0.717) is 17.1 Å². The zero-order chi connectivity index (χ0) is 15.4. The molecule has 1 amide bonds. The highest BCUT2D eigenvalue weighted by Crippen LogP contribution is 2.33. The van der Waals surface area contributed by atoms with Crippen LogP contribution in [0.1, 0.15) is 63.3 Å². The van der Waals surface area contributed by atoms with Crippen molar-refractivity contribution < 1.29 is 4.79 Å². The summed E-state index contributed by atoms with van der Waals surface area (Å²) in [6.07, 6.45) is 10.6. The first-order valence-corrected chi connectivity index (χ1v) is 9.47. The number of aryl methyl sites for hydroxylation is 1. The van der Waals surface area contributed by atoms with Crippen molar-refractivity contribution in [1.29, 1.82) is 0 Å². The zero-order valence-corrected chi connectivity index (χ0v) is 15.3. The van der Waals surface area contributed by atoms with E-state index in [1.165, 1.54) is 49.9 Å². The first kappa shape index (κ1) is 18.6. The minimum absolute atomic E-state index is 0. The van der Waals surface area contributed by atoms with Gasteiger partial charge in [-0.1, -0.05) is 43.9 Å². The van der Waals surface area contributed by atoms with E-state index >= 15 is 0 Å². The third-order valence-corrected chi connectivity index (χ3v) is 5.77. The van der Waals surface area contributed by atoms with E-state index in [-0.39, 0.29) is 24.4 Å². The highest BCUT2D eigenvalue weighted by atomic mass is 35.5. The van der Waals surface area contributed by atoms with Gasteiger partial charge in [-0.2, -0.15) is 0 Å². The number of rotatable bonds is 6. The molecule has 0 radical (unpaired) electrons. The average Bonchev–Trinajstić information content (AvgIpc) is 3.14. The number of halogens is 1. The Balaban J connectivity index is 0.00000192. The van der Waals surface area contributed by atoms with Crippen LogP contribution in [0.15, 0.2) is 0 Å². The van der Waals surface area contributed by atoms with Crippen LogP contribution in [0.25, 0.3) is 0 Å². The normalized spacial score (nSPS) is 26.4. The van der Waals surface area contributed by atoms with Crippen LogP contribution in [-0.2, 0) is 11.2 Å². The molecule has 7 heteroatoms. The van der Waals surface area contributed by atoms with E-state index in [4.69, 9.17) is 0 Å². The highest BCUT2D eigenvalue weighted by molar-refractivity contribution is 7.15. The summed E-state index contributed by atoms with van der Waals surface area (Å²) in [5.74, 6) is 0.745. The number of amides is 1. The van der Waals surface area contributed by atoms with Gasteiger partial charge in [0.1, 0.15) is 5.01 Å². The van der Waals surface area contributed by atoms with E-state index in [1.54, 1.807) is 0 Å². The van der Waals surface area contributed by atoms with Crippen molar-refractivity contribution in [3.05, 3.63) is 5.01 Å². The van der Waals surface area contributed by atoms with Gasteiger partial charge in [-0.25, -0.2) is 0 Å². The predicted octanol–water partition coefficient (Wildman–Crippen LogP) is 3.55. The molecule has 3 unspecified atom stereocenters. The number of nitrogens with zero attached hydrogens (tertiary/aromatic N) is 2. The topological polar surface area (TPSA) is 66.9 Å². The van der Waals surface area contributed by atoms with Gasteiger partial charge in [-0.05, 0) is 31.6 Å². The molecular weight excluding hydrogens is 332 g/mol. The fourth-order valence-electron chi connectivity index (χ4n) is 3.65. The molecule has 1 aromatic heterocycles. The lowest BCUT2D eigenvalue weighted by Gasteiger charge is -2.24. The van der Waals surface area contributed by atoms with Gasteiger partial charge in [0.05, 0.1) is 6.04 Å². The number of carbonyl (C=O) groups excluding carboxylic acids is 1. The number of hydrogen-bond acceptors (Lipinski definition) is 5. The monoisotopic (exact) mass is 358 g/mol. The van der Waals surface area contributed by atoms with Crippen molar-refractivity contribution in [2.75, 3.05) is 5.32 Å². The Morgan fingerprint density at radius 2 is 2.13 bits per heavy atom. The predicted molar refractivity (Wildman–Crippen MR) is 96.3 cm³/mol. The number of unbranched alkanes of at least 4 members (excludes halogenated alkanes) is 2. The van der Waals surface area contributed by atoms with E-state index in [9.17, 15) is 4.79 Å². The molecule has 3 rings (SSSR count). The lowest BCUT2D eigenvalue weighted by Crippen LogP contribution is -2.39. The van der Waals surface area contributed by atoms with Gasteiger partial charge in [0.25, 0.3) is 0 Å². The molecule has 2 fully saturated rings. The van der Waals surface area contributed by atoms with Crippen molar-refractivity contribution in [3.8, 4) is 0 Å². The molecule has 2 aliphatic rings. The average molecular weight is 359 g/mol. The van der Waals surface area contributed by atoms with E-state index in [1.807, 2.05) is 0 Å². The number of aromatic nitrogens is 2. The molecular formula is C16H27ClN4OS. The van der Waals surface area contributed by atoms with Gasteiger partial charge in [0.2, 0.25) is 11.0 Å². The van der Waals surface area contributed by atoms with Gasteiger partial charge < -0.3 is 5.32 Å². The Kier molecular flexibility index (Phi) is 7.24. The summed E-state index contributed by atoms with van der Waals surface area (Å²) in [4.78, 5) is 12.4. The third-order valence-electron chi connectivity index (χ3n) is 4.87. The Labute approximate surface area is 148 Å². The summed E-state index contributed by atoms with van der Waals surface area (Å²) in [5.41, 5.74) is 0. The molecule has 0 spiro atoms. The van der Waals surface area contributed by atoms with Crippen molar-refractivity contribution in [3.63, 3.8) is 0 Å². The Morgan fingerprint density at radius 1 is 1.30 bits per heavy atom. The second-order valence-electron chi connectivity index (χ2n) is 6.55. The summed E-state index contributed by atoms with van der Waals surface area (Å²) in [6, 6.07) is 0.490. The van der Waals surface area contributed by atoms with Crippen molar-refractivity contribution in [2.24, 2.45) is 5.92 Å². The zero-order valence-electron chi connectivity index (χ0n) is 13.7. The maximum Gasteiger partial charge on any atom is 0.243 e. The molecule has 130 valence electrons.